The molecule has 0 amide bonds. The van der Waals surface area contributed by atoms with Crippen molar-refractivity contribution in [3.05, 3.63) is 29.3 Å². The maximum atomic E-state index is 3.54. The van der Waals surface area contributed by atoms with Gasteiger partial charge in [-0.05, 0) is 36.1 Å². The molecule has 0 saturated carbocycles. The van der Waals surface area contributed by atoms with Gasteiger partial charge in [0.1, 0.15) is 0 Å². The van der Waals surface area contributed by atoms with Gasteiger partial charge in [0.15, 0.2) is 0 Å². The molecule has 3 heteroatoms. The van der Waals surface area contributed by atoms with Gasteiger partial charge in [-0.15, -0.1) is 0 Å². The lowest BCUT2D eigenvalue weighted by molar-refractivity contribution is 0.231. The van der Waals surface area contributed by atoms with Gasteiger partial charge in [-0.2, -0.15) is 0 Å². The van der Waals surface area contributed by atoms with E-state index in [4.69, 9.17) is 0 Å². The van der Waals surface area contributed by atoms with Crippen LogP contribution in [-0.4, -0.2) is 37.6 Å². The molecular weight excluding hydrogens is 300 g/mol. The second-order valence-electron chi connectivity index (χ2n) is 5.93. The second kappa shape index (κ2) is 6.76. The summed E-state index contributed by atoms with van der Waals surface area (Å²) in [4.78, 5) is 5.10. The van der Waals surface area contributed by atoms with Gasteiger partial charge < -0.3 is 4.90 Å². The predicted molar refractivity (Wildman–Crippen MR) is 87.3 cm³/mol. The molecule has 1 heterocycles. The van der Waals surface area contributed by atoms with Crippen LogP contribution in [0.3, 0.4) is 0 Å². The maximum absolute atomic E-state index is 3.54. The van der Waals surface area contributed by atoms with Crippen LogP contribution in [0.15, 0.2) is 18.2 Å². The zero-order valence-electron chi connectivity index (χ0n) is 12.3. The fourth-order valence-corrected chi connectivity index (χ4v) is 3.36. The molecule has 0 aromatic heterocycles. The first kappa shape index (κ1) is 14.9. The van der Waals surface area contributed by atoms with Crippen molar-refractivity contribution >= 4 is 21.6 Å². The van der Waals surface area contributed by atoms with E-state index in [-0.39, 0.29) is 0 Å². The molecule has 0 atom stereocenters. The zero-order chi connectivity index (χ0) is 13.8. The number of hydrogen-bond donors (Lipinski definition) is 0. The van der Waals surface area contributed by atoms with E-state index in [2.05, 4.69) is 64.7 Å². The molecular formula is C16H25BrN2. The SMILES string of the molecule is Cc1cc(N2CCN(CC(C)C)CC2)ccc1CBr. The summed E-state index contributed by atoms with van der Waals surface area (Å²) in [7, 11) is 0. The van der Waals surface area contributed by atoms with E-state index in [1.165, 1.54) is 36.4 Å². The highest BCUT2D eigenvalue weighted by Crippen LogP contribution is 2.22. The highest BCUT2D eigenvalue weighted by molar-refractivity contribution is 9.08. The highest BCUT2D eigenvalue weighted by Gasteiger charge is 2.17. The predicted octanol–water partition coefficient (Wildman–Crippen LogP) is 3.67. The van der Waals surface area contributed by atoms with Crippen molar-refractivity contribution in [3.8, 4) is 0 Å². The van der Waals surface area contributed by atoms with E-state index in [1.807, 2.05) is 0 Å². The summed E-state index contributed by atoms with van der Waals surface area (Å²) in [6, 6.07) is 6.84. The average molecular weight is 325 g/mol. The molecule has 0 N–H and O–H groups in total. The highest BCUT2D eigenvalue weighted by atomic mass is 79.9. The number of anilines is 1. The van der Waals surface area contributed by atoms with Crippen molar-refractivity contribution in [2.45, 2.75) is 26.1 Å². The Hall–Kier alpha value is -0.540. The summed E-state index contributed by atoms with van der Waals surface area (Å²) in [5.41, 5.74) is 4.16. The van der Waals surface area contributed by atoms with Crippen molar-refractivity contribution in [1.82, 2.24) is 4.90 Å². The monoisotopic (exact) mass is 324 g/mol. The fourth-order valence-electron chi connectivity index (χ4n) is 2.73. The number of halogens is 1. The van der Waals surface area contributed by atoms with Gasteiger partial charge in [-0.1, -0.05) is 35.8 Å². The van der Waals surface area contributed by atoms with E-state index in [0.717, 1.165) is 24.3 Å². The smallest absolute Gasteiger partial charge is 0.0369 e. The molecule has 19 heavy (non-hydrogen) atoms. The van der Waals surface area contributed by atoms with Crippen LogP contribution in [0.25, 0.3) is 0 Å². The van der Waals surface area contributed by atoms with E-state index in [0.29, 0.717) is 0 Å². The third-order valence-electron chi connectivity index (χ3n) is 3.83. The molecule has 1 aromatic rings. The Balaban J connectivity index is 1.96. The van der Waals surface area contributed by atoms with Crippen LogP contribution in [0.4, 0.5) is 5.69 Å². The first-order valence-corrected chi connectivity index (χ1v) is 8.35. The lowest BCUT2D eigenvalue weighted by Crippen LogP contribution is -2.47. The summed E-state index contributed by atoms with van der Waals surface area (Å²) in [6.07, 6.45) is 0. The third-order valence-corrected chi connectivity index (χ3v) is 4.44. The Labute approximate surface area is 125 Å². The standard InChI is InChI=1S/C16H25BrN2/c1-13(2)12-18-6-8-19(9-7-18)16-5-4-15(11-17)14(3)10-16/h4-5,10,13H,6-9,11-12H2,1-3H3. The Bertz CT molecular complexity index is 409. The van der Waals surface area contributed by atoms with Gasteiger partial charge in [0.05, 0.1) is 0 Å². The topological polar surface area (TPSA) is 6.48 Å². The number of alkyl halides is 1. The summed E-state index contributed by atoms with van der Waals surface area (Å²) in [5, 5.41) is 0.946. The van der Waals surface area contributed by atoms with Crippen LogP contribution in [0.2, 0.25) is 0 Å². The fraction of sp³-hybridized carbons (Fsp3) is 0.625. The number of benzene rings is 1. The molecule has 1 aliphatic rings. The van der Waals surface area contributed by atoms with Crippen LogP contribution in [-0.2, 0) is 5.33 Å². The minimum absolute atomic E-state index is 0.770. The second-order valence-corrected chi connectivity index (χ2v) is 6.49. The van der Waals surface area contributed by atoms with Gasteiger partial charge in [0.2, 0.25) is 0 Å². The van der Waals surface area contributed by atoms with Crippen molar-refractivity contribution in [3.63, 3.8) is 0 Å². The number of aryl methyl sites for hydroxylation is 1. The largest absolute Gasteiger partial charge is 0.369 e. The molecule has 106 valence electrons. The Kier molecular flexibility index (Phi) is 5.28. The Morgan fingerprint density at radius 1 is 1.16 bits per heavy atom. The number of rotatable bonds is 4. The molecule has 0 unspecified atom stereocenters. The summed E-state index contributed by atoms with van der Waals surface area (Å²) < 4.78 is 0. The van der Waals surface area contributed by atoms with Crippen LogP contribution in [0.5, 0.6) is 0 Å². The van der Waals surface area contributed by atoms with Crippen molar-refractivity contribution in [1.29, 1.82) is 0 Å². The van der Waals surface area contributed by atoms with Gasteiger partial charge in [-0.25, -0.2) is 0 Å². The molecule has 0 spiro atoms. The van der Waals surface area contributed by atoms with Crippen LogP contribution in [0, 0.1) is 12.8 Å². The van der Waals surface area contributed by atoms with E-state index in [9.17, 15) is 0 Å². The molecule has 1 aromatic carbocycles. The minimum Gasteiger partial charge on any atom is -0.369 e. The molecule has 0 bridgehead atoms. The summed E-state index contributed by atoms with van der Waals surface area (Å²) in [6.45, 7) is 12.7. The van der Waals surface area contributed by atoms with Crippen molar-refractivity contribution in [2.24, 2.45) is 5.92 Å². The first-order valence-electron chi connectivity index (χ1n) is 7.23. The molecule has 2 nitrogen and oxygen atoms in total. The molecule has 1 fully saturated rings. The number of hydrogen-bond acceptors (Lipinski definition) is 2. The van der Waals surface area contributed by atoms with Gasteiger partial charge in [0, 0.05) is 43.7 Å². The maximum Gasteiger partial charge on any atom is 0.0369 e. The number of nitrogens with zero attached hydrogens (tertiary/aromatic N) is 2. The first-order chi connectivity index (χ1) is 9.10. The Morgan fingerprint density at radius 3 is 2.37 bits per heavy atom. The average Bonchev–Trinajstić information content (AvgIpc) is 2.39. The van der Waals surface area contributed by atoms with Gasteiger partial charge in [-0.3, -0.25) is 4.90 Å². The molecule has 2 rings (SSSR count). The van der Waals surface area contributed by atoms with E-state index in [1.54, 1.807) is 0 Å². The third kappa shape index (κ3) is 3.96. The quantitative estimate of drug-likeness (QED) is 0.780. The summed E-state index contributed by atoms with van der Waals surface area (Å²) >= 11 is 3.54. The minimum atomic E-state index is 0.770. The van der Waals surface area contributed by atoms with Crippen LogP contribution < -0.4 is 4.90 Å². The Morgan fingerprint density at radius 2 is 1.84 bits per heavy atom. The molecule has 1 saturated heterocycles. The van der Waals surface area contributed by atoms with Gasteiger partial charge in [0.25, 0.3) is 0 Å². The van der Waals surface area contributed by atoms with Gasteiger partial charge >= 0.3 is 0 Å². The normalized spacial score (nSPS) is 17.2. The van der Waals surface area contributed by atoms with E-state index < -0.39 is 0 Å². The lowest BCUT2D eigenvalue weighted by Gasteiger charge is -2.37. The zero-order valence-corrected chi connectivity index (χ0v) is 13.9. The van der Waals surface area contributed by atoms with Crippen molar-refractivity contribution < 1.29 is 0 Å². The summed E-state index contributed by atoms with van der Waals surface area (Å²) in [5.74, 6) is 0.770. The molecule has 0 radical (unpaired) electrons. The van der Waals surface area contributed by atoms with Crippen molar-refractivity contribution in [2.75, 3.05) is 37.6 Å². The van der Waals surface area contributed by atoms with Crippen LogP contribution in [0.1, 0.15) is 25.0 Å². The lowest BCUT2D eigenvalue weighted by atomic mass is 10.1. The molecule has 0 aliphatic carbocycles. The number of piperazine rings is 1. The van der Waals surface area contributed by atoms with Crippen LogP contribution >= 0.6 is 15.9 Å². The molecule has 1 aliphatic heterocycles. The van der Waals surface area contributed by atoms with E-state index >= 15 is 0 Å².